The van der Waals surface area contributed by atoms with E-state index >= 15 is 0 Å². The Kier molecular flexibility index (Phi) is 19.6. The van der Waals surface area contributed by atoms with Crippen molar-refractivity contribution in [2.24, 2.45) is 5.92 Å². The molecule has 1 aromatic carbocycles. The van der Waals surface area contributed by atoms with E-state index in [4.69, 9.17) is 9.47 Å². The van der Waals surface area contributed by atoms with Gasteiger partial charge in [-0.15, -0.1) is 0 Å². The summed E-state index contributed by atoms with van der Waals surface area (Å²) in [5.74, 6) is -3.60. The lowest BCUT2D eigenvalue weighted by atomic mass is 9.81. The minimum atomic E-state index is -3.30. The van der Waals surface area contributed by atoms with Crippen LogP contribution in [0.4, 0.5) is 0 Å². The van der Waals surface area contributed by atoms with Gasteiger partial charge in [0.2, 0.25) is 15.9 Å². The van der Waals surface area contributed by atoms with Gasteiger partial charge in [0.05, 0.1) is 18.8 Å². The van der Waals surface area contributed by atoms with E-state index in [1.807, 2.05) is 0 Å². The van der Waals surface area contributed by atoms with Gasteiger partial charge in [-0.1, -0.05) is 83.1 Å². The molecule has 11 nitrogen and oxygen atoms in total. The topological polar surface area (TPSA) is 168 Å². The fraction of sp³-hybridized carbons (Fsp3) is 0.694. The first-order valence-corrected chi connectivity index (χ1v) is 19.0. The monoisotopic (exact) mass is 696 g/mol. The number of amides is 1. The van der Waals surface area contributed by atoms with Gasteiger partial charge in [0.15, 0.2) is 5.60 Å². The number of phenols is 1. The van der Waals surface area contributed by atoms with Gasteiger partial charge in [0.25, 0.3) is 0 Å². The smallest absolute Gasteiger partial charge is 0.339 e. The molecule has 12 heteroatoms. The van der Waals surface area contributed by atoms with Crippen molar-refractivity contribution in [2.75, 3.05) is 19.4 Å². The molecule has 4 N–H and O–H groups in total. The lowest BCUT2D eigenvalue weighted by Crippen LogP contribution is -2.56. The number of aromatic hydroxyl groups is 1. The average Bonchev–Trinajstić information content (AvgIpc) is 3.01. The highest BCUT2D eigenvalue weighted by atomic mass is 32.2. The lowest BCUT2D eigenvalue weighted by Gasteiger charge is -2.34. The Morgan fingerprint density at radius 2 is 1.54 bits per heavy atom. The highest BCUT2D eigenvalue weighted by molar-refractivity contribution is 7.89. The highest BCUT2D eigenvalue weighted by Crippen LogP contribution is 2.30. The Bertz CT molecular complexity index is 1240. The summed E-state index contributed by atoms with van der Waals surface area (Å²) in [5.41, 5.74) is -2.49. The first-order valence-electron chi connectivity index (χ1n) is 17.3. The van der Waals surface area contributed by atoms with Crippen LogP contribution in [-0.2, 0) is 40.3 Å². The van der Waals surface area contributed by atoms with Crippen LogP contribution in [0.15, 0.2) is 36.4 Å². The number of methoxy groups -OCH3 is 1. The van der Waals surface area contributed by atoms with Crippen LogP contribution >= 0.6 is 0 Å². The number of carbonyl (C=O) groups excluding carboxylic acids is 3. The zero-order chi connectivity index (χ0) is 36.2. The normalized spacial score (nSPS) is 14.6. The van der Waals surface area contributed by atoms with Crippen LogP contribution < -0.4 is 10.0 Å². The molecule has 1 rings (SSSR count). The van der Waals surface area contributed by atoms with Gasteiger partial charge in [-0.25, -0.2) is 22.7 Å². The van der Waals surface area contributed by atoms with E-state index < -0.39 is 51.0 Å². The molecule has 0 spiro atoms. The van der Waals surface area contributed by atoms with E-state index in [-0.39, 0.29) is 24.3 Å². The molecular formula is C36H60N2O9S. The van der Waals surface area contributed by atoms with Gasteiger partial charge >= 0.3 is 11.9 Å². The van der Waals surface area contributed by atoms with Crippen molar-refractivity contribution in [3.05, 3.63) is 42.0 Å². The molecule has 0 aromatic heterocycles. The summed E-state index contributed by atoms with van der Waals surface area (Å²) in [7, 11) is -2.10. The van der Waals surface area contributed by atoms with E-state index in [1.54, 1.807) is 45.9 Å². The van der Waals surface area contributed by atoms with E-state index in [0.29, 0.717) is 44.2 Å². The predicted molar refractivity (Wildman–Crippen MR) is 188 cm³/mol. The van der Waals surface area contributed by atoms with Gasteiger partial charge in [-0.2, -0.15) is 0 Å². The summed E-state index contributed by atoms with van der Waals surface area (Å²) in [6, 6.07) is 5.03. The van der Waals surface area contributed by atoms with Crippen molar-refractivity contribution in [1.29, 1.82) is 0 Å². The fourth-order valence-electron chi connectivity index (χ4n) is 5.23. The van der Waals surface area contributed by atoms with Crippen LogP contribution in [0.2, 0.25) is 0 Å². The number of rotatable bonds is 24. The van der Waals surface area contributed by atoms with Crippen molar-refractivity contribution in [3.8, 4) is 5.75 Å². The van der Waals surface area contributed by atoms with Crippen LogP contribution in [0.3, 0.4) is 0 Å². The summed E-state index contributed by atoms with van der Waals surface area (Å²) < 4.78 is 37.7. The molecule has 0 radical (unpaired) electrons. The molecule has 274 valence electrons. The molecule has 0 aliphatic carbocycles. The first-order chi connectivity index (χ1) is 22.6. The standard InChI is InChI=1S/C36H60N2O9S/c1-7-9-10-11-15-18-26-48(44,45)37-25-17-14-12-13-16-19-30(36(43,24-8-2)34(42)47-35(3,4)5)32(40)38-31(33(41)46-6)27-28-20-22-29(39)23-21-28/h16,19-23,30-31,37,39,43H,7-15,17-18,24-27H2,1-6H3,(H,38,40)/b19-16+/t30-,31+,36+/m1/s1. The summed E-state index contributed by atoms with van der Waals surface area (Å²) in [4.78, 5) is 39.9. The zero-order valence-electron chi connectivity index (χ0n) is 29.9. The van der Waals surface area contributed by atoms with Crippen LogP contribution in [0, 0.1) is 5.92 Å². The van der Waals surface area contributed by atoms with Crippen LogP contribution in [0.25, 0.3) is 0 Å². The van der Waals surface area contributed by atoms with Gasteiger partial charge in [0, 0.05) is 13.0 Å². The number of aliphatic hydroxyl groups is 1. The number of esters is 2. The Morgan fingerprint density at radius 3 is 2.15 bits per heavy atom. The summed E-state index contributed by atoms with van der Waals surface area (Å²) >= 11 is 0. The molecule has 0 heterocycles. The van der Waals surface area contributed by atoms with Crippen molar-refractivity contribution in [1.82, 2.24) is 10.0 Å². The molecule has 0 fully saturated rings. The third-order valence-corrected chi connectivity index (χ3v) is 9.29. The van der Waals surface area contributed by atoms with E-state index in [9.17, 15) is 33.0 Å². The fourth-order valence-corrected chi connectivity index (χ4v) is 6.41. The summed E-state index contributed by atoms with van der Waals surface area (Å²) in [6.45, 7) is 9.27. The molecule has 3 atom stereocenters. The van der Waals surface area contributed by atoms with Crippen molar-refractivity contribution in [3.63, 3.8) is 0 Å². The van der Waals surface area contributed by atoms with Crippen LogP contribution in [0.1, 0.15) is 117 Å². The largest absolute Gasteiger partial charge is 0.508 e. The Labute approximate surface area is 288 Å². The number of benzene rings is 1. The Morgan fingerprint density at radius 1 is 0.917 bits per heavy atom. The first kappa shape index (κ1) is 43.1. The minimum Gasteiger partial charge on any atom is -0.508 e. The second kappa shape index (κ2) is 21.9. The number of allylic oxidation sites excluding steroid dienone is 1. The van der Waals surface area contributed by atoms with Gasteiger partial charge in [-0.3, -0.25) is 4.79 Å². The van der Waals surface area contributed by atoms with Crippen LogP contribution in [0.5, 0.6) is 5.75 Å². The van der Waals surface area contributed by atoms with Gasteiger partial charge < -0.3 is 25.0 Å². The molecule has 0 unspecified atom stereocenters. The number of unbranched alkanes of at least 4 members (excludes halogenated alkanes) is 8. The highest BCUT2D eigenvalue weighted by Gasteiger charge is 2.49. The summed E-state index contributed by atoms with van der Waals surface area (Å²) in [5, 5.41) is 24.1. The molecule has 0 aliphatic heterocycles. The Hall–Kier alpha value is -2.96. The van der Waals surface area contributed by atoms with Crippen LogP contribution in [-0.4, -0.2) is 73.1 Å². The van der Waals surface area contributed by atoms with Gasteiger partial charge in [-0.05, 0) is 70.6 Å². The van der Waals surface area contributed by atoms with E-state index in [0.717, 1.165) is 32.1 Å². The Balaban J connectivity index is 2.96. The minimum absolute atomic E-state index is 0.0504. The van der Waals surface area contributed by atoms with Crippen molar-refractivity contribution < 1.29 is 42.5 Å². The average molecular weight is 697 g/mol. The maximum absolute atomic E-state index is 13.8. The molecule has 0 aliphatic rings. The van der Waals surface area contributed by atoms with Crippen molar-refractivity contribution in [2.45, 2.75) is 135 Å². The number of nitrogens with one attached hydrogen (secondary N) is 2. The van der Waals surface area contributed by atoms with E-state index in [2.05, 4.69) is 17.0 Å². The molecule has 48 heavy (non-hydrogen) atoms. The number of hydrogen-bond acceptors (Lipinski definition) is 9. The molecule has 1 amide bonds. The third kappa shape index (κ3) is 16.9. The number of hydrogen-bond donors (Lipinski definition) is 4. The SMILES string of the molecule is CCCCCCCCS(=O)(=O)NCCCCC/C=C/[C@H](C(=O)N[C@@H](Cc1ccc(O)cc1)C(=O)OC)[C@@](O)(CCC)C(=O)OC(C)(C)C. The summed E-state index contributed by atoms with van der Waals surface area (Å²) in [6.07, 6.45) is 12.2. The number of sulfonamides is 1. The molecule has 1 aromatic rings. The number of ether oxygens (including phenoxy) is 2. The maximum Gasteiger partial charge on any atom is 0.339 e. The molecular weight excluding hydrogens is 636 g/mol. The lowest BCUT2D eigenvalue weighted by molar-refractivity contribution is -0.184. The molecule has 0 bridgehead atoms. The molecule has 0 saturated heterocycles. The van der Waals surface area contributed by atoms with Crippen molar-refractivity contribution >= 4 is 27.9 Å². The number of carbonyl (C=O) groups is 3. The molecule has 0 saturated carbocycles. The second-order valence-electron chi connectivity index (χ2n) is 13.4. The third-order valence-electron chi connectivity index (χ3n) is 7.82. The predicted octanol–water partition coefficient (Wildman–Crippen LogP) is 5.48. The van der Waals surface area contributed by atoms with Gasteiger partial charge in [0.1, 0.15) is 17.4 Å². The second-order valence-corrected chi connectivity index (χ2v) is 15.3. The number of phenolic OH excluding ortho intramolecular Hbond substituents is 1. The maximum atomic E-state index is 13.8. The quantitative estimate of drug-likeness (QED) is 0.0622. The zero-order valence-corrected chi connectivity index (χ0v) is 30.7. The van der Waals surface area contributed by atoms with E-state index in [1.165, 1.54) is 31.7 Å².